The number of likely N-dealkylation sites (N-methyl/N-ethyl adjacent to an activating group) is 1. The van der Waals surface area contributed by atoms with Crippen LogP contribution in [0.4, 0.5) is 27.6 Å². The summed E-state index contributed by atoms with van der Waals surface area (Å²) in [5.74, 6) is -8.06. The molecule has 0 aliphatic carbocycles. The fourth-order valence-corrected chi connectivity index (χ4v) is 3.50. The van der Waals surface area contributed by atoms with Crippen molar-refractivity contribution in [1.29, 1.82) is 0 Å². The number of nitrogens with zero attached hydrogens (tertiary/aromatic N) is 1. The minimum absolute atomic E-state index is 0.442. The number of hydrogen-bond donors (Lipinski definition) is 2. The lowest BCUT2D eigenvalue weighted by Crippen LogP contribution is -2.54. The number of fused-ring (bicyclic) bond motifs is 3. The van der Waals surface area contributed by atoms with Crippen molar-refractivity contribution in [2.24, 2.45) is 5.41 Å². The van der Waals surface area contributed by atoms with Crippen molar-refractivity contribution in [2.45, 2.75) is 32.0 Å². The van der Waals surface area contributed by atoms with Crippen molar-refractivity contribution in [3.8, 4) is 11.1 Å². The molecule has 1 aliphatic rings. The van der Waals surface area contributed by atoms with Crippen LogP contribution in [0.15, 0.2) is 48.5 Å². The SMILES string of the molecule is CN1C(=O)C(NC(=O)C(C)(C)C(=O)NCC(F)(F)C(F)(F)F)c2ccccc2-c2ccccc21. The Morgan fingerprint density at radius 1 is 0.912 bits per heavy atom. The number of anilines is 1. The third-order valence-electron chi connectivity index (χ3n) is 5.70. The van der Waals surface area contributed by atoms with Gasteiger partial charge < -0.3 is 15.5 Å². The maximum absolute atomic E-state index is 13.3. The molecule has 2 aromatic carbocycles. The zero-order valence-corrected chi connectivity index (χ0v) is 18.5. The first-order valence-corrected chi connectivity index (χ1v) is 10.2. The van der Waals surface area contributed by atoms with Gasteiger partial charge in [-0.25, -0.2) is 0 Å². The molecule has 6 nitrogen and oxygen atoms in total. The highest BCUT2D eigenvalue weighted by Crippen LogP contribution is 2.40. The molecule has 182 valence electrons. The first kappa shape index (κ1) is 25.1. The number of alkyl halides is 5. The molecule has 1 unspecified atom stereocenters. The van der Waals surface area contributed by atoms with Crippen LogP contribution in [-0.2, 0) is 14.4 Å². The monoisotopic (exact) mass is 483 g/mol. The average molecular weight is 483 g/mol. The first-order valence-electron chi connectivity index (χ1n) is 10.2. The highest BCUT2D eigenvalue weighted by molar-refractivity contribution is 6.09. The molecular formula is C23H22F5N3O3. The molecule has 0 bridgehead atoms. The van der Waals surface area contributed by atoms with Gasteiger partial charge in [-0.15, -0.1) is 0 Å². The smallest absolute Gasteiger partial charge is 0.349 e. The Morgan fingerprint density at radius 3 is 2.09 bits per heavy atom. The Hall–Kier alpha value is -3.50. The quantitative estimate of drug-likeness (QED) is 0.501. The summed E-state index contributed by atoms with van der Waals surface area (Å²) < 4.78 is 63.6. The molecule has 0 spiro atoms. The second kappa shape index (κ2) is 8.69. The molecule has 0 saturated heterocycles. The van der Waals surface area contributed by atoms with Gasteiger partial charge in [0, 0.05) is 12.6 Å². The van der Waals surface area contributed by atoms with Crippen molar-refractivity contribution in [3.63, 3.8) is 0 Å². The maximum Gasteiger partial charge on any atom is 0.455 e. The van der Waals surface area contributed by atoms with Crippen LogP contribution in [0.25, 0.3) is 11.1 Å². The molecule has 1 heterocycles. The van der Waals surface area contributed by atoms with Crippen LogP contribution < -0.4 is 15.5 Å². The van der Waals surface area contributed by atoms with Crippen LogP contribution in [0.3, 0.4) is 0 Å². The van der Waals surface area contributed by atoms with Gasteiger partial charge in [-0.3, -0.25) is 14.4 Å². The highest BCUT2D eigenvalue weighted by atomic mass is 19.4. The van der Waals surface area contributed by atoms with Gasteiger partial charge in [0.05, 0.1) is 12.2 Å². The van der Waals surface area contributed by atoms with Crippen molar-refractivity contribution in [3.05, 3.63) is 54.1 Å². The Morgan fingerprint density at radius 2 is 1.47 bits per heavy atom. The third-order valence-corrected chi connectivity index (χ3v) is 5.70. The molecule has 1 atom stereocenters. The molecule has 11 heteroatoms. The summed E-state index contributed by atoms with van der Waals surface area (Å²) in [6.45, 7) is 0.110. The van der Waals surface area contributed by atoms with Gasteiger partial charge in [0.2, 0.25) is 11.8 Å². The number of para-hydroxylation sites is 1. The van der Waals surface area contributed by atoms with E-state index in [9.17, 15) is 36.3 Å². The lowest BCUT2D eigenvalue weighted by atomic mass is 9.89. The predicted octanol–water partition coefficient (Wildman–Crippen LogP) is 3.83. The van der Waals surface area contributed by atoms with E-state index in [1.165, 1.54) is 17.3 Å². The average Bonchev–Trinajstić information content (AvgIpc) is 2.86. The third kappa shape index (κ3) is 4.46. The lowest BCUT2D eigenvalue weighted by Gasteiger charge is -2.28. The van der Waals surface area contributed by atoms with Gasteiger partial charge in [0.1, 0.15) is 11.5 Å². The molecule has 3 rings (SSSR count). The summed E-state index contributed by atoms with van der Waals surface area (Å²) >= 11 is 0. The van der Waals surface area contributed by atoms with Crippen LogP contribution in [0, 0.1) is 5.41 Å². The summed E-state index contributed by atoms with van der Waals surface area (Å²) in [5, 5.41) is 3.97. The summed E-state index contributed by atoms with van der Waals surface area (Å²) in [5.41, 5.74) is 0.361. The minimum atomic E-state index is -5.86. The van der Waals surface area contributed by atoms with Crippen LogP contribution in [-0.4, -0.2) is 43.4 Å². The summed E-state index contributed by atoms with van der Waals surface area (Å²) in [4.78, 5) is 40.0. The second-order valence-corrected chi connectivity index (χ2v) is 8.42. The van der Waals surface area contributed by atoms with E-state index in [-0.39, 0.29) is 0 Å². The lowest BCUT2D eigenvalue weighted by molar-refractivity contribution is -0.278. The molecule has 3 amide bonds. The van der Waals surface area contributed by atoms with Gasteiger partial charge in [0.15, 0.2) is 0 Å². The normalized spacial score (nSPS) is 16.3. The molecule has 2 N–H and O–H groups in total. The van der Waals surface area contributed by atoms with E-state index >= 15 is 0 Å². The van der Waals surface area contributed by atoms with E-state index < -0.39 is 47.8 Å². The zero-order valence-electron chi connectivity index (χ0n) is 18.5. The second-order valence-electron chi connectivity index (χ2n) is 8.42. The molecular weight excluding hydrogens is 461 g/mol. The van der Waals surface area contributed by atoms with Crippen molar-refractivity contribution < 1.29 is 36.3 Å². The van der Waals surface area contributed by atoms with E-state index in [4.69, 9.17) is 0 Å². The van der Waals surface area contributed by atoms with Crippen molar-refractivity contribution in [2.75, 3.05) is 18.5 Å². The van der Waals surface area contributed by atoms with Crippen LogP contribution in [0.2, 0.25) is 0 Å². The predicted molar refractivity (Wildman–Crippen MR) is 114 cm³/mol. The maximum atomic E-state index is 13.3. The van der Waals surface area contributed by atoms with Crippen LogP contribution in [0.5, 0.6) is 0 Å². The van der Waals surface area contributed by atoms with Crippen molar-refractivity contribution in [1.82, 2.24) is 10.6 Å². The fourth-order valence-electron chi connectivity index (χ4n) is 3.50. The number of benzene rings is 2. The number of carbonyl (C=O) groups is 3. The van der Waals surface area contributed by atoms with E-state index in [0.717, 1.165) is 19.4 Å². The summed E-state index contributed by atoms with van der Waals surface area (Å²) in [6.07, 6.45) is -5.86. The minimum Gasteiger partial charge on any atom is -0.349 e. The van der Waals surface area contributed by atoms with Gasteiger partial charge in [-0.1, -0.05) is 42.5 Å². The van der Waals surface area contributed by atoms with Crippen molar-refractivity contribution >= 4 is 23.4 Å². The van der Waals surface area contributed by atoms with Gasteiger partial charge in [-0.2, -0.15) is 22.0 Å². The Labute approximate surface area is 192 Å². The summed E-state index contributed by atoms with van der Waals surface area (Å²) in [7, 11) is 1.52. The van der Waals surface area contributed by atoms with E-state index in [2.05, 4.69) is 5.32 Å². The topological polar surface area (TPSA) is 78.5 Å². The number of amides is 3. The Kier molecular flexibility index (Phi) is 6.43. The Balaban J connectivity index is 1.87. The first-order chi connectivity index (χ1) is 15.7. The zero-order chi connectivity index (χ0) is 25.5. The number of carbonyl (C=O) groups excluding carboxylic acids is 3. The number of halogens is 5. The van der Waals surface area contributed by atoms with E-state index in [0.29, 0.717) is 16.8 Å². The summed E-state index contributed by atoms with van der Waals surface area (Å²) in [6, 6.07) is 12.6. The molecule has 2 aromatic rings. The van der Waals surface area contributed by atoms with E-state index in [1.807, 2.05) is 0 Å². The van der Waals surface area contributed by atoms with Gasteiger partial charge >= 0.3 is 12.1 Å². The van der Waals surface area contributed by atoms with Gasteiger partial charge in [-0.05, 0) is 31.0 Å². The number of hydrogen-bond acceptors (Lipinski definition) is 3. The molecule has 0 fully saturated rings. The molecule has 0 aromatic heterocycles. The molecule has 0 radical (unpaired) electrons. The highest BCUT2D eigenvalue weighted by Gasteiger charge is 2.57. The molecule has 1 aliphatic heterocycles. The number of rotatable bonds is 5. The standard InChI is InChI=1S/C23H22F5N3O3/c1-21(2,19(33)29-12-22(24,25)23(26,27)28)20(34)30-17-15-10-5-4-8-13(15)14-9-6-7-11-16(14)31(3)18(17)32/h4-11,17H,12H2,1-3H3,(H,29,33)(H,30,34). The number of nitrogens with one attached hydrogen (secondary N) is 2. The van der Waals surface area contributed by atoms with E-state index in [1.54, 1.807) is 48.5 Å². The molecule has 34 heavy (non-hydrogen) atoms. The molecule has 0 saturated carbocycles. The van der Waals surface area contributed by atoms with Crippen LogP contribution in [0.1, 0.15) is 25.5 Å². The van der Waals surface area contributed by atoms with Crippen LogP contribution >= 0.6 is 0 Å². The fraction of sp³-hybridized carbons (Fsp3) is 0.348. The Bertz CT molecular complexity index is 1130. The van der Waals surface area contributed by atoms with Gasteiger partial charge in [0.25, 0.3) is 5.91 Å². The largest absolute Gasteiger partial charge is 0.455 e.